The second-order valence-corrected chi connectivity index (χ2v) is 13.2. The monoisotopic (exact) mass is 700 g/mol. The first kappa shape index (κ1) is 32.8. The van der Waals surface area contributed by atoms with E-state index in [1.165, 1.54) is 0 Å². The van der Waals surface area contributed by atoms with Crippen LogP contribution in [0.15, 0.2) is 170 Å². The number of nitrogens with zero attached hydrogens (tertiary/aromatic N) is 6. The zero-order valence-electron chi connectivity index (χ0n) is 29.3. The minimum Gasteiger partial charge on any atom is -0.308 e. The first-order chi connectivity index (χ1) is 27.1. The Labute approximate surface area is 317 Å². The molecule has 0 aliphatic heterocycles. The van der Waals surface area contributed by atoms with Crippen molar-refractivity contribution in [2.75, 3.05) is 0 Å². The first-order valence-electron chi connectivity index (χ1n) is 17.7. The Balaban J connectivity index is 1.32. The van der Waals surface area contributed by atoms with Gasteiger partial charge >= 0.3 is 0 Å². The summed E-state index contributed by atoms with van der Waals surface area (Å²) >= 11 is 0. The molecule has 0 aliphatic carbocycles. The second kappa shape index (κ2) is 13.8. The summed E-state index contributed by atoms with van der Waals surface area (Å²) in [7, 11) is 0. The summed E-state index contributed by atoms with van der Waals surface area (Å²) in [5.41, 5.74) is 12.7. The van der Waals surface area contributed by atoms with Gasteiger partial charge in [-0.15, -0.1) is 0 Å². The topological polar surface area (TPSA) is 102 Å². The van der Waals surface area contributed by atoms with Crippen LogP contribution in [0, 0.1) is 34.0 Å². The van der Waals surface area contributed by atoms with Crippen LogP contribution in [-0.4, -0.2) is 14.5 Å². The first-order valence-corrected chi connectivity index (χ1v) is 17.7. The smallest absolute Gasteiger partial charge is 0.162 e. The highest BCUT2D eigenvalue weighted by atomic mass is 15.0. The maximum absolute atomic E-state index is 10.2. The molecule has 2 aromatic heterocycles. The summed E-state index contributed by atoms with van der Waals surface area (Å²) in [5.74, 6) is 0.540. The van der Waals surface area contributed by atoms with E-state index in [1.54, 1.807) is 0 Å². The molecule has 0 saturated carbocycles. The molecule has 2 heterocycles. The molecule has 0 N–H and O–H groups in total. The highest BCUT2D eigenvalue weighted by Crippen LogP contribution is 2.40. The third-order valence-electron chi connectivity index (χ3n) is 9.93. The number of benzene rings is 7. The fraction of sp³-hybridized carbons (Fsp3) is 0. The number of fused-ring (bicyclic) bond motifs is 3. The number of rotatable bonds is 6. The lowest BCUT2D eigenvalue weighted by Crippen LogP contribution is -2.02. The maximum Gasteiger partial charge on any atom is 0.162 e. The molecule has 9 aromatic rings. The molecule has 0 amide bonds. The number of nitriles is 3. The number of hydrogen-bond donors (Lipinski definition) is 0. The van der Waals surface area contributed by atoms with Crippen LogP contribution in [0.25, 0.3) is 83.6 Å². The van der Waals surface area contributed by atoms with E-state index in [0.717, 1.165) is 77.8 Å². The van der Waals surface area contributed by atoms with Gasteiger partial charge in [-0.25, -0.2) is 9.97 Å². The van der Waals surface area contributed by atoms with Gasteiger partial charge < -0.3 is 4.57 Å². The molecule has 9 rings (SSSR count). The summed E-state index contributed by atoms with van der Waals surface area (Å²) in [5, 5.41) is 31.1. The Hall–Kier alpha value is -8.11. The van der Waals surface area contributed by atoms with Crippen molar-refractivity contribution in [1.29, 1.82) is 15.8 Å². The third kappa shape index (κ3) is 6.05. The highest BCUT2D eigenvalue weighted by Gasteiger charge is 2.20. The van der Waals surface area contributed by atoms with E-state index in [2.05, 4.69) is 59.2 Å². The Morgan fingerprint density at radius 3 is 1.27 bits per heavy atom. The fourth-order valence-corrected chi connectivity index (χ4v) is 7.17. The van der Waals surface area contributed by atoms with E-state index in [1.807, 2.05) is 133 Å². The molecule has 0 unspecified atom stereocenters. The van der Waals surface area contributed by atoms with Crippen LogP contribution in [0.3, 0.4) is 0 Å². The minimum absolute atomic E-state index is 0.514. The van der Waals surface area contributed by atoms with Crippen molar-refractivity contribution in [3.05, 3.63) is 187 Å². The quantitative estimate of drug-likeness (QED) is 0.172. The van der Waals surface area contributed by atoms with Crippen LogP contribution in [-0.2, 0) is 0 Å². The lowest BCUT2D eigenvalue weighted by atomic mass is 9.99. The normalized spacial score (nSPS) is 10.9. The predicted molar refractivity (Wildman–Crippen MR) is 218 cm³/mol. The zero-order chi connectivity index (χ0) is 37.3. The van der Waals surface area contributed by atoms with E-state index < -0.39 is 0 Å². The van der Waals surface area contributed by atoms with Crippen molar-refractivity contribution in [2.45, 2.75) is 0 Å². The van der Waals surface area contributed by atoms with Crippen LogP contribution in [0.1, 0.15) is 16.7 Å². The molecule has 0 aliphatic rings. The van der Waals surface area contributed by atoms with Gasteiger partial charge in [0.25, 0.3) is 0 Å². The van der Waals surface area contributed by atoms with Crippen molar-refractivity contribution < 1.29 is 0 Å². The van der Waals surface area contributed by atoms with Gasteiger partial charge in [0, 0.05) is 27.5 Å². The molecular formula is C49H28N6. The molecule has 0 radical (unpaired) electrons. The largest absolute Gasteiger partial charge is 0.308 e. The maximum atomic E-state index is 10.2. The molecule has 6 nitrogen and oxygen atoms in total. The van der Waals surface area contributed by atoms with Gasteiger partial charge in [-0.3, -0.25) is 0 Å². The third-order valence-corrected chi connectivity index (χ3v) is 9.93. The van der Waals surface area contributed by atoms with Crippen LogP contribution in [0.4, 0.5) is 0 Å². The van der Waals surface area contributed by atoms with Gasteiger partial charge in [-0.05, 0) is 95.1 Å². The van der Waals surface area contributed by atoms with E-state index in [0.29, 0.717) is 22.5 Å². The minimum atomic E-state index is 0.514. The van der Waals surface area contributed by atoms with E-state index in [9.17, 15) is 15.8 Å². The van der Waals surface area contributed by atoms with Gasteiger partial charge in [0.2, 0.25) is 0 Å². The molecule has 254 valence electrons. The van der Waals surface area contributed by atoms with Crippen molar-refractivity contribution in [1.82, 2.24) is 14.5 Å². The van der Waals surface area contributed by atoms with Crippen LogP contribution in [0.2, 0.25) is 0 Å². The fourth-order valence-electron chi connectivity index (χ4n) is 7.17. The summed E-state index contributed by atoms with van der Waals surface area (Å²) < 4.78 is 2.20. The lowest BCUT2D eigenvalue weighted by Gasteiger charge is -2.16. The molecule has 6 heteroatoms. The standard InChI is InChI=1S/C49H28N6/c50-29-32-11-16-35(17-12-32)39-20-23-46-42(26-39)43-27-40(36-18-13-33(30-51)14-19-36)21-24-47(43)55(46)48-25-34(31-52)15-22-41(48)49-53-44(37-7-3-1-4-8-37)28-45(54-49)38-9-5-2-6-10-38/h1-28H. The Morgan fingerprint density at radius 2 is 0.818 bits per heavy atom. The molecule has 55 heavy (non-hydrogen) atoms. The van der Waals surface area contributed by atoms with Gasteiger partial charge in [0.15, 0.2) is 5.82 Å². The van der Waals surface area contributed by atoms with Crippen molar-refractivity contribution in [2.24, 2.45) is 0 Å². The Morgan fingerprint density at radius 1 is 0.382 bits per heavy atom. The van der Waals surface area contributed by atoms with Crippen LogP contribution in [0.5, 0.6) is 0 Å². The number of hydrogen-bond acceptors (Lipinski definition) is 5. The van der Waals surface area contributed by atoms with Crippen LogP contribution < -0.4 is 0 Å². The molecule has 7 aromatic carbocycles. The molecule has 0 saturated heterocycles. The second-order valence-electron chi connectivity index (χ2n) is 13.2. The average Bonchev–Trinajstić information content (AvgIpc) is 3.59. The molecule has 0 atom stereocenters. The van der Waals surface area contributed by atoms with Gasteiger partial charge in [-0.1, -0.05) is 97.1 Å². The average molecular weight is 701 g/mol. The molecule has 0 bridgehead atoms. The lowest BCUT2D eigenvalue weighted by molar-refractivity contribution is 1.14. The summed E-state index contributed by atoms with van der Waals surface area (Å²) in [6.07, 6.45) is 0. The molecule has 0 fully saturated rings. The van der Waals surface area contributed by atoms with Crippen molar-refractivity contribution in [3.63, 3.8) is 0 Å². The predicted octanol–water partition coefficient (Wildman–Crippen LogP) is 11.5. The highest BCUT2D eigenvalue weighted by molar-refractivity contribution is 6.12. The summed E-state index contributed by atoms with van der Waals surface area (Å²) in [4.78, 5) is 10.3. The van der Waals surface area contributed by atoms with Gasteiger partial charge in [0.1, 0.15) is 0 Å². The van der Waals surface area contributed by atoms with E-state index >= 15 is 0 Å². The summed E-state index contributed by atoms with van der Waals surface area (Å²) in [6, 6.07) is 62.6. The van der Waals surface area contributed by atoms with Crippen LogP contribution >= 0.6 is 0 Å². The summed E-state index contributed by atoms with van der Waals surface area (Å²) in [6.45, 7) is 0. The van der Waals surface area contributed by atoms with Gasteiger partial charge in [-0.2, -0.15) is 15.8 Å². The van der Waals surface area contributed by atoms with Crippen molar-refractivity contribution >= 4 is 21.8 Å². The van der Waals surface area contributed by atoms with E-state index in [-0.39, 0.29) is 0 Å². The van der Waals surface area contributed by atoms with Crippen molar-refractivity contribution in [3.8, 4) is 80.1 Å². The molecular weight excluding hydrogens is 673 g/mol. The molecule has 0 spiro atoms. The SMILES string of the molecule is N#Cc1ccc(-c2ccc3c(c2)c2cc(-c4ccc(C#N)cc4)ccc2n3-c2cc(C#N)ccc2-c2nc(-c3ccccc3)cc(-c3ccccc3)n2)cc1. The zero-order valence-corrected chi connectivity index (χ0v) is 29.3. The Kier molecular flexibility index (Phi) is 8.22. The van der Waals surface area contributed by atoms with Gasteiger partial charge in [0.05, 0.1) is 63.0 Å². The Bertz CT molecular complexity index is 2860. The number of aromatic nitrogens is 3. The van der Waals surface area contributed by atoms with E-state index in [4.69, 9.17) is 9.97 Å².